The van der Waals surface area contributed by atoms with Crippen molar-refractivity contribution >= 4 is 11.7 Å². The van der Waals surface area contributed by atoms with Crippen molar-refractivity contribution in [2.75, 3.05) is 25.0 Å². The number of aromatic hydroxyl groups is 1. The average Bonchev–Trinajstić information content (AvgIpc) is 2.71. The molecule has 168 valence electrons. The van der Waals surface area contributed by atoms with Crippen molar-refractivity contribution < 1.29 is 35.3 Å². The lowest BCUT2D eigenvalue weighted by molar-refractivity contribution is -0.309. The van der Waals surface area contributed by atoms with Gasteiger partial charge in [0.05, 0.1) is 25.4 Å². The number of nitrogens with one attached hydrogen (secondary N) is 2. The lowest BCUT2D eigenvalue weighted by Crippen LogP contribution is -2.42. The normalized spacial score (nSPS) is 20.6. The van der Waals surface area contributed by atoms with Crippen molar-refractivity contribution in [3.8, 4) is 18.1 Å². The fourth-order valence-electron chi connectivity index (χ4n) is 2.57. The highest BCUT2D eigenvalue weighted by Crippen LogP contribution is 2.17. The number of carbonyl (C=O) groups excluding carboxylic acids is 1. The summed E-state index contributed by atoms with van der Waals surface area (Å²) >= 11 is 0. The molecular formula is C20H31N3O7. The van der Waals surface area contributed by atoms with E-state index in [1.807, 2.05) is 0 Å². The van der Waals surface area contributed by atoms with E-state index in [9.17, 15) is 9.90 Å². The maximum Gasteiger partial charge on any atom is 0.319 e. The number of unbranched alkanes of at least 4 members (excludes halogenated alkanes) is 2. The summed E-state index contributed by atoms with van der Waals surface area (Å²) in [5, 5.41) is 49.7. The van der Waals surface area contributed by atoms with Gasteiger partial charge in [-0.05, 0) is 43.5 Å². The highest BCUT2D eigenvalue weighted by atomic mass is 16.8. The van der Waals surface area contributed by atoms with E-state index in [-0.39, 0.29) is 36.3 Å². The van der Waals surface area contributed by atoms with E-state index in [0.717, 1.165) is 19.3 Å². The minimum absolute atomic E-state index is 0.0630. The fourth-order valence-corrected chi connectivity index (χ4v) is 2.57. The first kappa shape index (κ1) is 25.6. The van der Waals surface area contributed by atoms with Crippen molar-refractivity contribution in [3.05, 3.63) is 24.3 Å². The average molecular weight is 425 g/mol. The number of carbonyl (C=O) groups is 1. The van der Waals surface area contributed by atoms with Crippen molar-refractivity contribution in [2.45, 2.75) is 50.4 Å². The van der Waals surface area contributed by atoms with Gasteiger partial charge in [0.25, 0.3) is 0 Å². The van der Waals surface area contributed by atoms with Gasteiger partial charge in [-0.3, -0.25) is 10.4 Å². The Kier molecular flexibility index (Phi) is 12.5. The predicted molar refractivity (Wildman–Crippen MR) is 109 cm³/mol. The van der Waals surface area contributed by atoms with Gasteiger partial charge in [-0.25, -0.2) is 4.79 Å². The molecule has 1 fully saturated rings. The lowest BCUT2D eigenvalue weighted by Gasteiger charge is -2.30. The summed E-state index contributed by atoms with van der Waals surface area (Å²) in [5.41, 5.74) is 0.643. The topological polar surface area (TPSA) is 155 Å². The van der Waals surface area contributed by atoms with Crippen molar-refractivity contribution in [2.24, 2.45) is 0 Å². The quantitative estimate of drug-likeness (QED) is 0.142. The van der Waals surface area contributed by atoms with Gasteiger partial charge in [-0.15, -0.1) is 12.3 Å². The molecule has 10 nitrogen and oxygen atoms in total. The van der Waals surface area contributed by atoms with Crippen LogP contribution in [0, 0.1) is 12.3 Å². The molecule has 2 amide bonds. The van der Waals surface area contributed by atoms with Gasteiger partial charge in [0, 0.05) is 25.1 Å². The number of ether oxygens (including phenoxy) is 1. The van der Waals surface area contributed by atoms with Crippen LogP contribution in [0.3, 0.4) is 0 Å². The molecule has 0 spiro atoms. The molecule has 2 rings (SSSR count). The molecule has 1 aliphatic rings. The van der Waals surface area contributed by atoms with Crippen LogP contribution in [0.4, 0.5) is 10.5 Å². The summed E-state index contributed by atoms with van der Waals surface area (Å²) < 4.78 is 5.15. The SMILES string of the molecule is C#CCCCCNC(=O)Nc1ccc(O)cc1.OC1COC(CCN(O)O)CC1O. The zero-order valence-electron chi connectivity index (χ0n) is 16.8. The van der Waals surface area contributed by atoms with Crippen LogP contribution in [-0.4, -0.2) is 75.0 Å². The molecular weight excluding hydrogens is 394 g/mol. The van der Waals surface area contributed by atoms with Gasteiger partial charge in [-0.1, -0.05) is 5.23 Å². The Morgan fingerprint density at radius 2 is 1.90 bits per heavy atom. The number of terminal acetylenes is 1. The van der Waals surface area contributed by atoms with Crippen LogP contribution in [0.25, 0.3) is 0 Å². The van der Waals surface area contributed by atoms with E-state index in [1.54, 1.807) is 12.1 Å². The number of hydrogen-bond acceptors (Lipinski definition) is 8. The Morgan fingerprint density at radius 1 is 1.20 bits per heavy atom. The number of benzene rings is 1. The number of aliphatic hydroxyl groups excluding tert-OH is 2. The van der Waals surface area contributed by atoms with Crippen LogP contribution in [0.5, 0.6) is 5.75 Å². The first-order valence-electron chi connectivity index (χ1n) is 9.72. The number of rotatable bonds is 8. The van der Waals surface area contributed by atoms with Crippen LogP contribution < -0.4 is 10.6 Å². The second-order valence-electron chi connectivity index (χ2n) is 6.80. The third-order valence-corrected chi connectivity index (χ3v) is 4.26. The van der Waals surface area contributed by atoms with Crippen molar-refractivity contribution in [1.82, 2.24) is 10.5 Å². The zero-order chi connectivity index (χ0) is 22.4. The Morgan fingerprint density at radius 3 is 2.50 bits per heavy atom. The smallest absolute Gasteiger partial charge is 0.319 e. The molecule has 1 aromatic carbocycles. The fraction of sp³-hybridized carbons (Fsp3) is 0.550. The second kappa shape index (κ2) is 14.6. The van der Waals surface area contributed by atoms with E-state index in [2.05, 4.69) is 16.6 Å². The molecule has 0 saturated carbocycles. The summed E-state index contributed by atoms with van der Waals surface area (Å²) in [6.45, 7) is 0.766. The Hall–Kier alpha value is -2.39. The first-order chi connectivity index (χ1) is 14.3. The highest BCUT2D eigenvalue weighted by Gasteiger charge is 2.28. The molecule has 7 N–H and O–H groups in total. The largest absolute Gasteiger partial charge is 0.508 e. The summed E-state index contributed by atoms with van der Waals surface area (Å²) in [6, 6.07) is 6.04. The maximum absolute atomic E-state index is 11.4. The maximum atomic E-state index is 11.4. The molecule has 1 saturated heterocycles. The Bertz CT molecular complexity index is 649. The molecule has 0 bridgehead atoms. The standard InChI is InChI=1S/C13H16N2O2.C7H15NO5/c1-2-3-4-5-10-14-13(17)15-11-6-8-12(16)9-7-11;9-6-3-5(1-2-8(11)12)13-4-7(6)10/h1,6-9,16H,3-5,10H2,(H2,14,15,17);5-7,9-12H,1-4H2. The number of urea groups is 1. The van der Waals surface area contributed by atoms with Crippen molar-refractivity contribution in [1.29, 1.82) is 0 Å². The van der Waals surface area contributed by atoms with Crippen LogP contribution in [0.2, 0.25) is 0 Å². The molecule has 30 heavy (non-hydrogen) atoms. The van der Waals surface area contributed by atoms with E-state index < -0.39 is 12.2 Å². The molecule has 1 heterocycles. The van der Waals surface area contributed by atoms with Gasteiger partial charge < -0.3 is 30.7 Å². The molecule has 0 radical (unpaired) electrons. The monoisotopic (exact) mass is 425 g/mol. The third-order valence-electron chi connectivity index (χ3n) is 4.26. The van der Waals surface area contributed by atoms with Gasteiger partial charge in [0.15, 0.2) is 0 Å². The summed E-state index contributed by atoms with van der Waals surface area (Å²) in [6.07, 6.45) is 6.56. The molecule has 10 heteroatoms. The lowest BCUT2D eigenvalue weighted by atomic mass is 10.0. The van der Waals surface area contributed by atoms with Crippen LogP contribution >= 0.6 is 0 Å². The molecule has 0 aromatic heterocycles. The number of aliphatic hydroxyl groups is 2. The summed E-state index contributed by atoms with van der Waals surface area (Å²) in [5.74, 6) is 2.72. The minimum Gasteiger partial charge on any atom is -0.508 e. The molecule has 1 aromatic rings. The van der Waals surface area contributed by atoms with Gasteiger partial charge in [0.1, 0.15) is 11.9 Å². The third kappa shape index (κ3) is 11.6. The number of hydrogen-bond donors (Lipinski definition) is 7. The number of phenolic OH excluding ortho intramolecular Hbond substituents is 1. The van der Waals surface area contributed by atoms with Crippen LogP contribution in [0.1, 0.15) is 32.1 Å². The Balaban J connectivity index is 0.000000311. The molecule has 0 aliphatic carbocycles. The number of amides is 2. The van der Waals surface area contributed by atoms with E-state index in [4.69, 9.17) is 31.8 Å². The molecule has 3 atom stereocenters. The van der Waals surface area contributed by atoms with Gasteiger partial charge in [-0.2, -0.15) is 0 Å². The number of hydroxylamine groups is 2. The molecule has 3 unspecified atom stereocenters. The second-order valence-corrected chi connectivity index (χ2v) is 6.80. The van der Waals surface area contributed by atoms with E-state index >= 15 is 0 Å². The minimum atomic E-state index is -0.824. The summed E-state index contributed by atoms with van der Waals surface area (Å²) in [4.78, 5) is 11.4. The Labute approximate surface area is 176 Å². The van der Waals surface area contributed by atoms with Crippen molar-refractivity contribution in [3.63, 3.8) is 0 Å². The zero-order valence-corrected chi connectivity index (χ0v) is 16.8. The van der Waals surface area contributed by atoms with E-state index in [0.29, 0.717) is 25.1 Å². The van der Waals surface area contributed by atoms with Gasteiger partial charge in [0.2, 0.25) is 0 Å². The number of phenols is 1. The molecule has 1 aliphatic heterocycles. The highest BCUT2D eigenvalue weighted by molar-refractivity contribution is 5.89. The number of anilines is 1. The van der Waals surface area contributed by atoms with Crippen LogP contribution in [-0.2, 0) is 4.74 Å². The van der Waals surface area contributed by atoms with Crippen LogP contribution in [0.15, 0.2) is 24.3 Å². The summed E-state index contributed by atoms with van der Waals surface area (Å²) in [7, 11) is 0. The van der Waals surface area contributed by atoms with E-state index in [1.165, 1.54) is 12.1 Å². The number of nitrogens with zero attached hydrogens (tertiary/aromatic N) is 1. The predicted octanol–water partition coefficient (Wildman–Crippen LogP) is 1.28. The first-order valence-corrected chi connectivity index (χ1v) is 9.72. The van der Waals surface area contributed by atoms with Gasteiger partial charge >= 0.3 is 6.03 Å².